The van der Waals surface area contributed by atoms with Crippen LogP contribution in [0.25, 0.3) is 0 Å². The maximum Gasteiger partial charge on any atom is 0.118 e. The van der Waals surface area contributed by atoms with E-state index in [1.54, 1.807) is 7.11 Å². The molecule has 0 aliphatic heterocycles. The molecule has 1 aromatic carbocycles. The summed E-state index contributed by atoms with van der Waals surface area (Å²) in [6.07, 6.45) is 0. The first-order valence-electron chi connectivity index (χ1n) is 4.84. The maximum absolute atomic E-state index is 5.68. The number of methoxy groups -OCH3 is 1. The lowest BCUT2D eigenvalue weighted by Gasteiger charge is -2.13. The van der Waals surface area contributed by atoms with Crippen LogP contribution in [0.5, 0.6) is 5.75 Å². The third-order valence-electron chi connectivity index (χ3n) is 2.22. The van der Waals surface area contributed by atoms with Crippen LogP contribution >= 0.6 is 11.6 Å². The average Bonchev–Trinajstić information content (AvgIpc) is 2.26. The van der Waals surface area contributed by atoms with E-state index in [9.17, 15) is 0 Å². The molecule has 1 N–H and O–H groups in total. The molecule has 0 saturated carbocycles. The van der Waals surface area contributed by atoms with Crippen LogP contribution in [0.4, 0.5) is 0 Å². The Labute approximate surface area is 95.9 Å². The summed E-state index contributed by atoms with van der Waals surface area (Å²) in [5, 5.41) is 3.88. The van der Waals surface area contributed by atoms with Gasteiger partial charge in [-0.25, -0.2) is 0 Å². The molecule has 0 aliphatic rings. The highest BCUT2D eigenvalue weighted by Gasteiger charge is 2.04. The van der Waals surface area contributed by atoms with Gasteiger partial charge in [0.15, 0.2) is 0 Å². The Bertz CT molecular complexity index is 321. The minimum atomic E-state index is 0.256. The number of rotatable bonds is 5. The molecular formula is C12H16ClNO. The molecule has 0 radical (unpaired) electrons. The summed E-state index contributed by atoms with van der Waals surface area (Å²) in [6, 6.07) is 8.22. The van der Waals surface area contributed by atoms with Crippen molar-refractivity contribution >= 4 is 11.6 Å². The van der Waals surface area contributed by atoms with Crippen LogP contribution in [0.15, 0.2) is 35.9 Å². The second kappa shape index (κ2) is 5.79. The van der Waals surface area contributed by atoms with Gasteiger partial charge in [0, 0.05) is 17.6 Å². The summed E-state index contributed by atoms with van der Waals surface area (Å²) in [5.41, 5.74) is 1.20. The Hall–Kier alpha value is -0.990. The summed E-state index contributed by atoms with van der Waals surface area (Å²) >= 11 is 5.68. The Kier molecular flexibility index (Phi) is 4.66. The first-order chi connectivity index (χ1) is 7.13. The molecule has 0 aromatic heterocycles. The van der Waals surface area contributed by atoms with Crippen LogP contribution < -0.4 is 10.1 Å². The summed E-state index contributed by atoms with van der Waals surface area (Å²) in [5.74, 6) is 0.868. The molecule has 15 heavy (non-hydrogen) atoms. The van der Waals surface area contributed by atoms with Crippen LogP contribution in [0, 0.1) is 0 Å². The van der Waals surface area contributed by atoms with Crippen LogP contribution in [-0.4, -0.2) is 13.7 Å². The predicted molar refractivity (Wildman–Crippen MR) is 64.4 cm³/mol. The van der Waals surface area contributed by atoms with Gasteiger partial charge >= 0.3 is 0 Å². The quantitative estimate of drug-likeness (QED) is 0.832. The fourth-order valence-corrected chi connectivity index (χ4v) is 1.35. The van der Waals surface area contributed by atoms with E-state index < -0.39 is 0 Å². The van der Waals surface area contributed by atoms with E-state index in [0.29, 0.717) is 11.6 Å². The van der Waals surface area contributed by atoms with Crippen molar-refractivity contribution in [2.24, 2.45) is 0 Å². The number of hydrogen-bond acceptors (Lipinski definition) is 2. The average molecular weight is 226 g/mol. The lowest BCUT2D eigenvalue weighted by atomic mass is 10.1. The molecule has 0 saturated heterocycles. The zero-order chi connectivity index (χ0) is 11.3. The van der Waals surface area contributed by atoms with Gasteiger partial charge in [-0.3, -0.25) is 0 Å². The van der Waals surface area contributed by atoms with Gasteiger partial charge in [0.1, 0.15) is 5.75 Å². The van der Waals surface area contributed by atoms with Gasteiger partial charge in [0.2, 0.25) is 0 Å². The third-order valence-corrected chi connectivity index (χ3v) is 2.35. The molecule has 1 aromatic rings. The van der Waals surface area contributed by atoms with Crippen molar-refractivity contribution in [1.82, 2.24) is 5.32 Å². The normalized spacial score (nSPS) is 12.2. The third kappa shape index (κ3) is 3.94. The van der Waals surface area contributed by atoms with Crippen molar-refractivity contribution in [3.05, 3.63) is 41.4 Å². The Morgan fingerprint density at radius 1 is 1.47 bits per heavy atom. The van der Waals surface area contributed by atoms with Gasteiger partial charge in [-0.1, -0.05) is 30.3 Å². The molecule has 2 nitrogen and oxygen atoms in total. The molecule has 0 heterocycles. The standard InChI is InChI=1S/C12H16ClNO/c1-9(13)8-14-10(2)11-4-6-12(15-3)7-5-11/h4-7,10,14H,1,8H2,2-3H3. The van der Waals surface area contributed by atoms with Crippen LogP contribution in [0.3, 0.4) is 0 Å². The highest BCUT2D eigenvalue weighted by atomic mass is 35.5. The number of benzene rings is 1. The van der Waals surface area contributed by atoms with Gasteiger partial charge in [-0.2, -0.15) is 0 Å². The number of nitrogens with one attached hydrogen (secondary N) is 1. The van der Waals surface area contributed by atoms with Crippen LogP contribution in [0.1, 0.15) is 18.5 Å². The van der Waals surface area contributed by atoms with E-state index in [0.717, 1.165) is 5.75 Å². The van der Waals surface area contributed by atoms with Gasteiger partial charge in [-0.05, 0) is 24.6 Å². The minimum absolute atomic E-state index is 0.256. The zero-order valence-electron chi connectivity index (χ0n) is 9.09. The number of hydrogen-bond donors (Lipinski definition) is 1. The lowest BCUT2D eigenvalue weighted by Crippen LogP contribution is -2.19. The molecule has 1 unspecified atom stereocenters. The van der Waals surface area contributed by atoms with E-state index in [-0.39, 0.29) is 6.04 Å². The second-order valence-corrected chi connectivity index (χ2v) is 3.93. The molecule has 0 amide bonds. The highest BCUT2D eigenvalue weighted by molar-refractivity contribution is 6.29. The van der Waals surface area contributed by atoms with E-state index in [1.807, 2.05) is 24.3 Å². The zero-order valence-corrected chi connectivity index (χ0v) is 9.84. The summed E-state index contributed by atoms with van der Waals surface area (Å²) in [7, 11) is 1.66. The SMILES string of the molecule is C=C(Cl)CNC(C)c1ccc(OC)cc1. The van der Waals surface area contributed by atoms with Crippen molar-refractivity contribution < 1.29 is 4.74 Å². The first kappa shape index (κ1) is 12.1. The van der Waals surface area contributed by atoms with Crippen molar-refractivity contribution in [3.63, 3.8) is 0 Å². The molecule has 1 atom stereocenters. The molecule has 0 fully saturated rings. The summed E-state index contributed by atoms with van der Waals surface area (Å²) in [4.78, 5) is 0. The van der Waals surface area contributed by atoms with Crippen LogP contribution in [-0.2, 0) is 0 Å². The van der Waals surface area contributed by atoms with E-state index in [4.69, 9.17) is 16.3 Å². The van der Waals surface area contributed by atoms with Crippen molar-refractivity contribution in [1.29, 1.82) is 0 Å². The summed E-state index contributed by atoms with van der Waals surface area (Å²) < 4.78 is 5.09. The van der Waals surface area contributed by atoms with Crippen molar-refractivity contribution in [3.8, 4) is 5.75 Å². The second-order valence-electron chi connectivity index (χ2n) is 3.39. The largest absolute Gasteiger partial charge is 0.497 e. The van der Waals surface area contributed by atoms with E-state index >= 15 is 0 Å². The molecular weight excluding hydrogens is 210 g/mol. The van der Waals surface area contributed by atoms with Gasteiger partial charge in [0.05, 0.1) is 7.11 Å². The smallest absolute Gasteiger partial charge is 0.118 e. The van der Waals surface area contributed by atoms with Crippen LogP contribution in [0.2, 0.25) is 0 Å². The topological polar surface area (TPSA) is 21.3 Å². The molecule has 0 spiro atoms. The molecule has 82 valence electrons. The van der Waals surface area contributed by atoms with Gasteiger partial charge < -0.3 is 10.1 Å². The fourth-order valence-electron chi connectivity index (χ4n) is 1.27. The maximum atomic E-state index is 5.68. The Morgan fingerprint density at radius 2 is 2.07 bits per heavy atom. The molecule has 1 rings (SSSR count). The predicted octanol–water partition coefficient (Wildman–Crippen LogP) is 3.10. The Morgan fingerprint density at radius 3 is 2.53 bits per heavy atom. The van der Waals surface area contributed by atoms with E-state index in [1.165, 1.54) is 5.56 Å². The molecule has 0 aliphatic carbocycles. The molecule has 0 bridgehead atoms. The minimum Gasteiger partial charge on any atom is -0.497 e. The highest BCUT2D eigenvalue weighted by Crippen LogP contribution is 2.17. The summed E-state index contributed by atoms with van der Waals surface area (Å²) in [6.45, 7) is 6.34. The number of halogens is 1. The number of ether oxygens (including phenoxy) is 1. The van der Waals surface area contributed by atoms with Gasteiger partial charge in [-0.15, -0.1) is 0 Å². The fraction of sp³-hybridized carbons (Fsp3) is 0.333. The monoisotopic (exact) mass is 225 g/mol. The Balaban J connectivity index is 2.57. The lowest BCUT2D eigenvalue weighted by molar-refractivity contribution is 0.414. The van der Waals surface area contributed by atoms with Crippen molar-refractivity contribution in [2.75, 3.05) is 13.7 Å². The first-order valence-corrected chi connectivity index (χ1v) is 5.22. The van der Waals surface area contributed by atoms with Crippen molar-refractivity contribution in [2.45, 2.75) is 13.0 Å². The van der Waals surface area contributed by atoms with Gasteiger partial charge in [0.25, 0.3) is 0 Å². The van der Waals surface area contributed by atoms with E-state index in [2.05, 4.69) is 18.8 Å². The molecule has 3 heteroatoms.